The van der Waals surface area contributed by atoms with Gasteiger partial charge in [-0.25, -0.2) is 4.79 Å². The second kappa shape index (κ2) is 6.04. The maximum Gasteiger partial charge on any atom is 0.335 e. The number of aromatic nitrogens is 1. The first-order valence-corrected chi connectivity index (χ1v) is 7.36. The second-order valence-corrected chi connectivity index (χ2v) is 5.22. The van der Waals surface area contributed by atoms with Crippen LogP contribution in [0.2, 0.25) is 0 Å². The molecule has 2 aromatic carbocycles. The van der Waals surface area contributed by atoms with E-state index in [-0.39, 0.29) is 11.3 Å². The first kappa shape index (κ1) is 15.0. The van der Waals surface area contributed by atoms with Crippen LogP contribution in [-0.2, 0) is 13.2 Å². The Kier molecular flexibility index (Phi) is 3.93. The molecule has 118 valence electrons. The van der Waals surface area contributed by atoms with Crippen LogP contribution in [0.15, 0.2) is 48.5 Å². The van der Waals surface area contributed by atoms with Crippen LogP contribution in [0.3, 0.4) is 0 Å². The fourth-order valence-electron chi connectivity index (χ4n) is 2.67. The number of phenolic OH excluding ortho intramolecular Hbond substituents is 1. The summed E-state index contributed by atoms with van der Waals surface area (Å²) in [5.74, 6) is -0.422. The number of hydrogen-bond donors (Lipinski definition) is 2. The molecule has 0 atom stereocenters. The number of para-hydroxylation sites is 2. The molecule has 0 spiro atoms. The molecule has 5 nitrogen and oxygen atoms in total. The first-order valence-electron chi connectivity index (χ1n) is 7.36. The van der Waals surface area contributed by atoms with Gasteiger partial charge in [0.1, 0.15) is 6.61 Å². The smallest absolute Gasteiger partial charge is 0.335 e. The van der Waals surface area contributed by atoms with Crippen LogP contribution in [0.4, 0.5) is 0 Å². The summed E-state index contributed by atoms with van der Waals surface area (Å²) in [6.45, 7) is 2.99. The average molecular weight is 311 g/mol. The van der Waals surface area contributed by atoms with Crippen molar-refractivity contribution in [2.24, 2.45) is 0 Å². The van der Waals surface area contributed by atoms with Crippen molar-refractivity contribution >= 4 is 16.9 Å². The third-order valence-corrected chi connectivity index (χ3v) is 3.79. The number of carboxylic acid groups (broad SMARTS) is 1. The van der Waals surface area contributed by atoms with Gasteiger partial charge in [0.05, 0.1) is 11.3 Å². The van der Waals surface area contributed by atoms with Crippen LogP contribution in [0.1, 0.15) is 23.0 Å². The summed E-state index contributed by atoms with van der Waals surface area (Å²) in [6, 6.07) is 13.9. The summed E-state index contributed by atoms with van der Waals surface area (Å²) in [7, 11) is 0. The van der Waals surface area contributed by atoms with E-state index in [0.717, 1.165) is 16.6 Å². The zero-order valence-electron chi connectivity index (χ0n) is 12.7. The number of carboxylic acids is 1. The number of aromatic carboxylic acids is 1. The van der Waals surface area contributed by atoms with Gasteiger partial charge in [-0.05, 0) is 37.3 Å². The van der Waals surface area contributed by atoms with Crippen molar-refractivity contribution in [3.63, 3.8) is 0 Å². The fourth-order valence-corrected chi connectivity index (χ4v) is 2.67. The van der Waals surface area contributed by atoms with Gasteiger partial charge in [-0.3, -0.25) is 0 Å². The molecular weight excluding hydrogens is 294 g/mol. The Morgan fingerprint density at radius 1 is 1.17 bits per heavy atom. The van der Waals surface area contributed by atoms with Crippen molar-refractivity contribution in [3.05, 3.63) is 59.8 Å². The van der Waals surface area contributed by atoms with Crippen molar-refractivity contribution in [3.8, 4) is 11.5 Å². The maximum atomic E-state index is 11.1. The summed E-state index contributed by atoms with van der Waals surface area (Å²) < 4.78 is 7.70. The summed E-state index contributed by atoms with van der Waals surface area (Å²) in [5, 5.41) is 19.9. The molecule has 0 saturated heterocycles. The Morgan fingerprint density at radius 2 is 1.96 bits per heavy atom. The van der Waals surface area contributed by atoms with Crippen LogP contribution >= 0.6 is 0 Å². The molecule has 1 aromatic heterocycles. The Morgan fingerprint density at radius 3 is 2.65 bits per heavy atom. The number of hydrogen-bond acceptors (Lipinski definition) is 3. The van der Waals surface area contributed by atoms with E-state index in [1.54, 1.807) is 42.5 Å². The predicted octanol–water partition coefficient (Wildman–Crippen LogP) is 3.64. The molecule has 1 heterocycles. The number of ether oxygens (including phenoxy) is 1. The topological polar surface area (TPSA) is 71.7 Å². The van der Waals surface area contributed by atoms with Crippen LogP contribution in [0, 0.1) is 0 Å². The molecule has 3 aromatic rings. The molecule has 2 N–H and O–H groups in total. The standard InChI is InChI=1S/C18H17NO4/c1-2-19-14(11-23-17-6-4-3-5-16(17)20)9-12-7-8-13(18(21)22)10-15(12)19/h3-10,20H,2,11H2,1H3,(H,21,22). The number of carbonyl (C=O) groups is 1. The highest BCUT2D eigenvalue weighted by Gasteiger charge is 2.12. The van der Waals surface area contributed by atoms with Crippen LogP contribution in [0.25, 0.3) is 10.9 Å². The molecule has 0 amide bonds. The number of fused-ring (bicyclic) bond motifs is 1. The van der Waals surface area contributed by atoms with Crippen molar-refractivity contribution in [1.82, 2.24) is 4.57 Å². The third-order valence-electron chi connectivity index (χ3n) is 3.79. The van der Waals surface area contributed by atoms with E-state index in [1.165, 1.54) is 0 Å². The van der Waals surface area contributed by atoms with Gasteiger partial charge in [0, 0.05) is 17.4 Å². The predicted molar refractivity (Wildman–Crippen MR) is 87.0 cm³/mol. The molecular formula is C18H17NO4. The minimum Gasteiger partial charge on any atom is -0.504 e. The largest absolute Gasteiger partial charge is 0.504 e. The Hall–Kier alpha value is -2.95. The molecule has 0 aliphatic heterocycles. The van der Waals surface area contributed by atoms with Crippen LogP contribution < -0.4 is 4.74 Å². The maximum absolute atomic E-state index is 11.1. The van der Waals surface area contributed by atoms with Crippen molar-refractivity contribution < 1.29 is 19.7 Å². The highest BCUT2D eigenvalue weighted by Crippen LogP contribution is 2.27. The summed E-state index contributed by atoms with van der Waals surface area (Å²) in [5.41, 5.74) is 2.05. The van der Waals surface area contributed by atoms with Gasteiger partial charge in [0.2, 0.25) is 0 Å². The van der Waals surface area contributed by atoms with Gasteiger partial charge in [0.15, 0.2) is 11.5 Å². The molecule has 0 saturated carbocycles. The zero-order chi connectivity index (χ0) is 16.4. The molecule has 0 bridgehead atoms. The van der Waals surface area contributed by atoms with E-state index in [4.69, 9.17) is 9.84 Å². The second-order valence-electron chi connectivity index (χ2n) is 5.22. The normalized spacial score (nSPS) is 10.8. The van der Waals surface area contributed by atoms with Gasteiger partial charge in [-0.2, -0.15) is 0 Å². The Labute approximate surface area is 133 Å². The monoisotopic (exact) mass is 311 g/mol. The number of rotatable bonds is 5. The first-order chi connectivity index (χ1) is 11.1. The average Bonchev–Trinajstić information content (AvgIpc) is 2.90. The Balaban J connectivity index is 1.94. The number of phenols is 1. The van der Waals surface area contributed by atoms with E-state index >= 15 is 0 Å². The lowest BCUT2D eigenvalue weighted by atomic mass is 10.1. The van der Waals surface area contributed by atoms with Crippen molar-refractivity contribution in [2.75, 3.05) is 0 Å². The van der Waals surface area contributed by atoms with E-state index in [1.807, 2.05) is 17.6 Å². The van der Waals surface area contributed by atoms with E-state index in [0.29, 0.717) is 18.9 Å². The van der Waals surface area contributed by atoms with E-state index in [9.17, 15) is 9.90 Å². The van der Waals surface area contributed by atoms with Gasteiger partial charge in [-0.15, -0.1) is 0 Å². The minimum absolute atomic E-state index is 0.0971. The van der Waals surface area contributed by atoms with Crippen LogP contribution in [0.5, 0.6) is 11.5 Å². The highest BCUT2D eigenvalue weighted by molar-refractivity contribution is 5.93. The third kappa shape index (κ3) is 2.85. The number of aryl methyl sites for hydroxylation is 1. The Bertz CT molecular complexity index is 867. The number of aromatic hydroxyl groups is 1. The molecule has 3 rings (SSSR count). The molecule has 0 radical (unpaired) electrons. The van der Waals surface area contributed by atoms with Crippen molar-refractivity contribution in [2.45, 2.75) is 20.1 Å². The molecule has 0 unspecified atom stereocenters. The lowest BCUT2D eigenvalue weighted by molar-refractivity contribution is 0.0697. The van der Waals surface area contributed by atoms with E-state index < -0.39 is 5.97 Å². The van der Waals surface area contributed by atoms with Gasteiger partial charge in [0.25, 0.3) is 0 Å². The number of benzene rings is 2. The molecule has 0 aliphatic carbocycles. The van der Waals surface area contributed by atoms with Gasteiger partial charge < -0.3 is 19.5 Å². The lowest BCUT2D eigenvalue weighted by Crippen LogP contribution is -2.05. The summed E-state index contributed by atoms with van der Waals surface area (Å²) in [6.07, 6.45) is 0. The number of nitrogens with zero attached hydrogens (tertiary/aromatic N) is 1. The summed E-state index contributed by atoms with van der Waals surface area (Å²) in [4.78, 5) is 11.1. The quantitative estimate of drug-likeness (QED) is 0.754. The van der Waals surface area contributed by atoms with Gasteiger partial charge >= 0.3 is 5.97 Å². The molecule has 23 heavy (non-hydrogen) atoms. The van der Waals surface area contributed by atoms with Crippen molar-refractivity contribution in [1.29, 1.82) is 0 Å². The molecule has 0 fully saturated rings. The van der Waals surface area contributed by atoms with E-state index in [2.05, 4.69) is 0 Å². The van der Waals surface area contributed by atoms with Gasteiger partial charge in [-0.1, -0.05) is 18.2 Å². The summed E-state index contributed by atoms with van der Waals surface area (Å²) >= 11 is 0. The lowest BCUT2D eigenvalue weighted by Gasteiger charge is -2.11. The molecule has 5 heteroatoms. The van der Waals surface area contributed by atoms with Crippen LogP contribution in [-0.4, -0.2) is 20.7 Å². The fraction of sp³-hybridized carbons (Fsp3) is 0.167. The minimum atomic E-state index is -0.942. The SMILES string of the molecule is CCn1c(COc2ccccc2O)cc2ccc(C(=O)O)cc21. The zero-order valence-corrected chi connectivity index (χ0v) is 12.7. The molecule has 0 aliphatic rings. The highest BCUT2D eigenvalue weighted by atomic mass is 16.5.